The van der Waals surface area contributed by atoms with Crippen LogP contribution in [0.2, 0.25) is 5.02 Å². The standard InChI is InChI=1S/C25H20ClN5O4/c1-35-23-11-6-16(12-17(23)14-29-15-20(13-27-29)31(33)34)24-28-22-5-3-2-4-21(22)25(32)30(24)19-9-7-18(26)8-10-19/h2-13,15,24,28H,14H2,1H3/t24-/m1/s1. The number of fused-ring (bicyclic) bond motifs is 1. The van der Waals surface area contributed by atoms with Crippen molar-refractivity contribution in [2.75, 3.05) is 17.3 Å². The van der Waals surface area contributed by atoms with Gasteiger partial charge < -0.3 is 10.1 Å². The van der Waals surface area contributed by atoms with Gasteiger partial charge in [-0.2, -0.15) is 5.10 Å². The Labute approximate surface area is 205 Å². The molecule has 1 atom stereocenters. The summed E-state index contributed by atoms with van der Waals surface area (Å²) in [6, 6.07) is 20.1. The van der Waals surface area contributed by atoms with E-state index in [1.54, 1.807) is 42.3 Å². The second kappa shape index (κ2) is 9.11. The molecular weight excluding hydrogens is 470 g/mol. The highest BCUT2D eigenvalue weighted by atomic mass is 35.5. The van der Waals surface area contributed by atoms with Crippen LogP contribution in [-0.2, 0) is 6.54 Å². The molecule has 4 aromatic rings. The number of carbonyl (C=O) groups is 1. The van der Waals surface area contributed by atoms with Crippen molar-refractivity contribution >= 4 is 34.6 Å². The maximum Gasteiger partial charge on any atom is 0.307 e. The van der Waals surface area contributed by atoms with Crippen molar-refractivity contribution in [3.05, 3.63) is 111 Å². The van der Waals surface area contributed by atoms with Crippen molar-refractivity contribution in [3.63, 3.8) is 0 Å². The number of benzene rings is 3. The highest BCUT2D eigenvalue weighted by Gasteiger charge is 2.34. The fourth-order valence-electron chi connectivity index (χ4n) is 4.15. The Morgan fingerprint density at radius 1 is 1.14 bits per heavy atom. The lowest BCUT2D eigenvalue weighted by atomic mass is 10.0. The van der Waals surface area contributed by atoms with Crippen molar-refractivity contribution in [1.29, 1.82) is 0 Å². The van der Waals surface area contributed by atoms with Gasteiger partial charge in [0, 0.05) is 22.0 Å². The molecular formula is C25H20ClN5O4. The topological polar surface area (TPSA) is 103 Å². The minimum atomic E-state index is -0.518. The number of halogens is 1. The first-order chi connectivity index (χ1) is 16.9. The number of nitrogens with one attached hydrogen (secondary N) is 1. The SMILES string of the molecule is COc1ccc([C@@H]2Nc3ccccc3C(=O)N2c2ccc(Cl)cc2)cc1Cn1cc([N+](=O)[O-])cn1. The summed E-state index contributed by atoms with van der Waals surface area (Å²) in [6.45, 7) is 0.253. The zero-order valence-corrected chi connectivity index (χ0v) is 19.3. The Morgan fingerprint density at radius 3 is 2.63 bits per heavy atom. The van der Waals surface area contributed by atoms with E-state index >= 15 is 0 Å². The first-order valence-corrected chi connectivity index (χ1v) is 11.1. The maximum atomic E-state index is 13.6. The number of rotatable bonds is 6. The number of para-hydroxylation sites is 1. The first-order valence-electron chi connectivity index (χ1n) is 10.7. The third-order valence-electron chi connectivity index (χ3n) is 5.81. The lowest BCUT2D eigenvalue weighted by molar-refractivity contribution is -0.385. The van der Waals surface area contributed by atoms with Gasteiger partial charge in [-0.15, -0.1) is 0 Å². The summed E-state index contributed by atoms with van der Waals surface area (Å²) in [4.78, 5) is 25.8. The molecule has 3 aromatic carbocycles. The van der Waals surface area contributed by atoms with E-state index in [1.165, 1.54) is 17.1 Å². The van der Waals surface area contributed by atoms with Crippen molar-refractivity contribution in [3.8, 4) is 5.75 Å². The van der Waals surface area contributed by atoms with E-state index in [1.807, 2.05) is 36.4 Å². The molecule has 9 nitrogen and oxygen atoms in total. The van der Waals surface area contributed by atoms with Gasteiger partial charge in [-0.3, -0.25) is 24.5 Å². The molecule has 5 rings (SSSR count). The van der Waals surface area contributed by atoms with Crippen LogP contribution in [0.3, 0.4) is 0 Å². The van der Waals surface area contributed by atoms with Crippen LogP contribution in [0, 0.1) is 10.1 Å². The van der Waals surface area contributed by atoms with Crippen molar-refractivity contribution < 1.29 is 14.5 Å². The highest BCUT2D eigenvalue weighted by Crippen LogP contribution is 2.38. The van der Waals surface area contributed by atoms with E-state index in [4.69, 9.17) is 16.3 Å². The summed E-state index contributed by atoms with van der Waals surface area (Å²) >= 11 is 6.09. The number of nitrogens with zero attached hydrogens (tertiary/aromatic N) is 4. The van der Waals surface area contributed by atoms with Crippen LogP contribution in [0.5, 0.6) is 5.75 Å². The summed E-state index contributed by atoms with van der Waals surface area (Å²) in [6.07, 6.45) is 2.05. The number of aromatic nitrogens is 2. The molecule has 1 N–H and O–H groups in total. The smallest absolute Gasteiger partial charge is 0.307 e. The van der Waals surface area contributed by atoms with Crippen LogP contribution >= 0.6 is 11.6 Å². The Hall–Kier alpha value is -4.37. The van der Waals surface area contributed by atoms with Gasteiger partial charge in [0.05, 0.1) is 24.1 Å². The predicted octanol–water partition coefficient (Wildman–Crippen LogP) is 5.27. The molecule has 2 heterocycles. The number of hydrogen-bond donors (Lipinski definition) is 1. The van der Waals surface area contributed by atoms with Gasteiger partial charge in [0.15, 0.2) is 0 Å². The molecule has 0 unspecified atom stereocenters. The molecule has 0 saturated heterocycles. The second-order valence-electron chi connectivity index (χ2n) is 7.97. The van der Waals surface area contributed by atoms with Gasteiger partial charge in [0.2, 0.25) is 0 Å². The van der Waals surface area contributed by atoms with Crippen LogP contribution in [-0.4, -0.2) is 27.7 Å². The van der Waals surface area contributed by atoms with E-state index in [2.05, 4.69) is 10.4 Å². The van der Waals surface area contributed by atoms with E-state index in [0.717, 1.165) is 16.8 Å². The molecule has 10 heteroatoms. The van der Waals surface area contributed by atoms with Gasteiger partial charge in [-0.1, -0.05) is 29.8 Å². The van der Waals surface area contributed by atoms with Crippen molar-refractivity contribution in [1.82, 2.24) is 9.78 Å². The van der Waals surface area contributed by atoms with E-state index in [0.29, 0.717) is 22.0 Å². The molecule has 1 aliphatic rings. The molecule has 1 amide bonds. The largest absolute Gasteiger partial charge is 0.496 e. The normalized spacial score (nSPS) is 14.9. The Morgan fingerprint density at radius 2 is 1.91 bits per heavy atom. The highest BCUT2D eigenvalue weighted by molar-refractivity contribution is 6.30. The lowest BCUT2D eigenvalue weighted by Crippen LogP contribution is -2.43. The fraction of sp³-hybridized carbons (Fsp3) is 0.120. The van der Waals surface area contributed by atoms with Gasteiger partial charge in [0.25, 0.3) is 5.91 Å². The molecule has 0 bridgehead atoms. The summed E-state index contributed by atoms with van der Waals surface area (Å²) in [5.41, 5.74) is 3.45. The van der Waals surface area contributed by atoms with Crippen LogP contribution in [0.15, 0.2) is 79.1 Å². The molecule has 1 aromatic heterocycles. The number of ether oxygens (including phenoxy) is 1. The summed E-state index contributed by atoms with van der Waals surface area (Å²) in [5.74, 6) is 0.458. The molecule has 0 spiro atoms. The van der Waals surface area contributed by atoms with Crippen LogP contribution in [0.25, 0.3) is 0 Å². The molecule has 1 aliphatic heterocycles. The van der Waals surface area contributed by atoms with Crippen LogP contribution in [0.1, 0.15) is 27.7 Å². The van der Waals surface area contributed by atoms with E-state index < -0.39 is 11.1 Å². The number of carbonyl (C=O) groups excluding carboxylic acids is 1. The Kier molecular flexibility index (Phi) is 5.84. The van der Waals surface area contributed by atoms with Crippen molar-refractivity contribution in [2.24, 2.45) is 0 Å². The summed E-state index contributed by atoms with van der Waals surface area (Å²) in [7, 11) is 1.56. The average Bonchev–Trinajstić information content (AvgIpc) is 3.34. The maximum absolute atomic E-state index is 13.6. The van der Waals surface area contributed by atoms with Crippen LogP contribution in [0.4, 0.5) is 17.1 Å². The monoisotopic (exact) mass is 489 g/mol. The average molecular weight is 490 g/mol. The molecule has 35 heavy (non-hydrogen) atoms. The predicted molar refractivity (Wildman–Crippen MR) is 132 cm³/mol. The number of amides is 1. The molecule has 176 valence electrons. The zero-order chi connectivity index (χ0) is 24.5. The Bertz CT molecular complexity index is 1420. The first kappa shape index (κ1) is 22.4. The lowest BCUT2D eigenvalue weighted by Gasteiger charge is -2.38. The Balaban J connectivity index is 1.57. The molecule has 0 fully saturated rings. The van der Waals surface area contributed by atoms with Crippen LogP contribution < -0.4 is 15.0 Å². The minimum Gasteiger partial charge on any atom is -0.496 e. The molecule has 0 aliphatic carbocycles. The number of methoxy groups -OCH3 is 1. The fourth-order valence-corrected chi connectivity index (χ4v) is 4.28. The van der Waals surface area contributed by atoms with Gasteiger partial charge in [-0.05, 0) is 54.1 Å². The third kappa shape index (κ3) is 4.29. The summed E-state index contributed by atoms with van der Waals surface area (Å²) in [5, 5.41) is 19.2. The van der Waals surface area contributed by atoms with Gasteiger partial charge in [-0.25, -0.2) is 0 Å². The second-order valence-corrected chi connectivity index (χ2v) is 8.40. The third-order valence-corrected chi connectivity index (χ3v) is 6.07. The summed E-state index contributed by atoms with van der Waals surface area (Å²) < 4.78 is 7.00. The quantitative estimate of drug-likeness (QED) is 0.292. The number of anilines is 2. The number of hydrogen-bond acceptors (Lipinski definition) is 6. The minimum absolute atomic E-state index is 0.0924. The number of nitro groups is 1. The molecule has 0 saturated carbocycles. The van der Waals surface area contributed by atoms with Gasteiger partial charge in [0.1, 0.15) is 24.3 Å². The van der Waals surface area contributed by atoms with Gasteiger partial charge >= 0.3 is 5.69 Å². The zero-order valence-electron chi connectivity index (χ0n) is 18.6. The van der Waals surface area contributed by atoms with E-state index in [-0.39, 0.29) is 18.1 Å². The van der Waals surface area contributed by atoms with Crippen molar-refractivity contribution in [2.45, 2.75) is 12.7 Å². The molecule has 0 radical (unpaired) electrons. The van der Waals surface area contributed by atoms with E-state index in [9.17, 15) is 14.9 Å².